The van der Waals surface area contributed by atoms with E-state index in [9.17, 15) is 15.3 Å². The van der Waals surface area contributed by atoms with Crippen molar-refractivity contribution >= 4 is 24.2 Å². The van der Waals surface area contributed by atoms with Gasteiger partial charge in [0.2, 0.25) is 0 Å². The molecule has 0 saturated carbocycles. The van der Waals surface area contributed by atoms with E-state index in [4.69, 9.17) is 16.0 Å². The SMILES string of the molecule is Cl.[N-]=[N+]=NCC1C/C=C\C[C@@H](N)[C@H]2O[C@H](S1)[C@H](O)[C@@H](O)[C@H]2O. The number of aliphatic hydroxyl groups excluding tert-OH is 3. The van der Waals surface area contributed by atoms with Crippen LogP contribution in [0.1, 0.15) is 12.8 Å². The van der Waals surface area contributed by atoms with Crippen LogP contribution in [-0.4, -0.2) is 63.0 Å². The Morgan fingerprint density at radius 3 is 2.59 bits per heavy atom. The molecule has 0 spiro atoms. The highest BCUT2D eigenvalue weighted by Gasteiger charge is 2.46. The van der Waals surface area contributed by atoms with E-state index < -0.39 is 35.9 Å². The van der Waals surface area contributed by atoms with Crippen molar-refractivity contribution in [2.75, 3.05) is 6.54 Å². The predicted octanol–water partition coefficient (Wildman–Crippen LogP) is 0.305. The molecule has 2 aliphatic heterocycles. The lowest BCUT2D eigenvalue weighted by molar-refractivity contribution is -0.202. The minimum Gasteiger partial charge on any atom is -0.388 e. The molecule has 8 nitrogen and oxygen atoms in total. The van der Waals surface area contributed by atoms with Crippen LogP contribution in [0, 0.1) is 0 Å². The first kappa shape index (κ1) is 19.5. The summed E-state index contributed by atoms with van der Waals surface area (Å²) in [6.07, 6.45) is 0.478. The van der Waals surface area contributed by atoms with Crippen LogP contribution >= 0.6 is 24.2 Å². The maximum Gasteiger partial charge on any atom is 0.132 e. The average Bonchev–Trinajstić information content (AvgIpc) is 2.48. The second-order valence-electron chi connectivity index (χ2n) is 5.22. The number of aliphatic hydroxyl groups is 3. The van der Waals surface area contributed by atoms with Crippen molar-refractivity contribution in [1.82, 2.24) is 0 Å². The molecular formula is C12H21ClN4O4S. The van der Waals surface area contributed by atoms with Gasteiger partial charge in [-0.05, 0) is 18.4 Å². The highest BCUT2D eigenvalue weighted by molar-refractivity contribution is 8.00. The summed E-state index contributed by atoms with van der Waals surface area (Å²) in [5, 5.41) is 33.5. The Morgan fingerprint density at radius 1 is 1.23 bits per heavy atom. The van der Waals surface area contributed by atoms with Gasteiger partial charge in [0, 0.05) is 22.7 Å². The number of ether oxygens (including phenoxy) is 1. The fourth-order valence-electron chi connectivity index (χ4n) is 2.47. The summed E-state index contributed by atoms with van der Waals surface area (Å²) in [7, 11) is 0. The first-order chi connectivity index (χ1) is 10.0. The van der Waals surface area contributed by atoms with Crippen molar-refractivity contribution < 1.29 is 20.1 Å². The number of thioether (sulfide) groups is 1. The number of allylic oxidation sites excluding steroid dienone is 1. The van der Waals surface area contributed by atoms with Crippen molar-refractivity contribution in [1.29, 1.82) is 0 Å². The summed E-state index contributed by atoms with van der Waals surface area (Å²) in [5.41, 5.74) is 13.7. The fraction of sp³-hybridized carbons (Fsp3) is 0.833. The summed E-state index contributed by atoms with van der Waals surface area (Å²) in [5.74, 6) is 0. The van der Waals surface area contributed by atoms with Gasteiger partial charge < -0.3 is 25.8 Å². The molecule has 0 aromatic rings. The lowest BCUT2D eigenvalue weighted by atomic mass is 9.93. The molecule has 1 unspecified atom stereocenters. The number of nitrogens with zero attached hydrogens (tertiary/aromatic N) is 3. The van der Waals surface area contributed by atoms with Crippen molar-refractivity contribution in [2.45, 2.75) is 54.0 Å². The predicted molar refractivity (Wildman–Crippen MR) is 85.7 cm³/mol. The first-order valence-corrected chi connectivity index (χ1v) is 7.75. The Kier molecular flexibility index (Phi) is 7.95. The third-order valence-electron chi connectivity index (χ3n) is 3.68. The zero-order chi connectivity index (χ0) is 15.4. The van der Waals surface area contributed by atoms with Gasteiger partial charge >= 0.3 is 0 Å². The average molecular weight is 353 g/mol. The van der Waals surface area contributed by atoms with Crippen LogP contribution in [0.2, 0.25) is 0 Å². The Labute approximate surface area is 138 Å². The van der Waals surface area contributed by atoms with Gasteiger partial charge in [0.15, 0.2) is 0 Å². The Bertz CT molecular complexity index is 437. The van der Waals surface area contributed by atoms with Crippen LogP contribution in [0.25, 0.3) is 10.4 Å². The first-order valence-electron chi connectivity index (χ1n) is 6.81. The molecule has 2 rings (SSSR count). The number of rotatable bonds is 2. The highest BCUT2D eigenvalue weighted by Crippen LogP contribution is 2.34. The third kappa shape index (κ3) is 4.50. The van der Waals surface area contributed by atoms with E-state index in [1.807, 2.05) is 12.2 Å². The molecule has 1 fully saturated rings. The van der Waals surface area contributed by atoms with Crippen LogP contribution in [0.5, 0.6) is 0 Å². The topological polar surface area (TPSA) is 145 Å². The molecule has 10 heteroatoms. The van der Waals surface area contributed by atoms with E-state index in [-0.39, 0.29) is 24.2 Å². The zero-order valence-corrected chi connectivity index (χ0v) is 13.4. The molecule has 7 atom stereocenters. The van der Waals surface area contributed by atoms with Gasteiger partial charge in [-0.25, -0.2) is 0 Å². The quantitative estimate of drug-likeness (QED) is 0.243. The van der Waals surface area contributed by atoms with Gasteiger partial charge in [-0.3, -0.25) is 0 Å². The van der Waals surface area contributed by atoms with E-state index in [0.717, 1.165) is 0 Å². The number of hydrogen-bond donors (Lipinski definition) is 4. The number of fused-ring (bicyclic) bond motifs is 2. The standard InChI is InChI=1S/C12H20N4O4S.ClH/c13-7-4-2-1-3-6(5-15-16-14)21-12-10(19)8(17)9(18)11(7)20-12;/h1-2,6-12,17-19H,3-5,13H2;1H/b2-1-;/t6?,7-,8+,9-,10-,11-,12-;/m1./s1. The molecule has 2 aliphatic rings. The molecule has 126 valence electrons. The maximum absolute atomic E-state index is 10.0. The molecule has 0 amide bonds. The molecule has 0 aromatic carbocycles. The van der Waals surface area contributed by atoms with Gasteiger partial charge in [0.1, 0.15) is 29.9 Å². The summed E-state index contributed by atoms with van der Waals surface area (Å²) in [6.45, 7) is 0.257. The number of hydrogen-bond acceptors (Lipinski definition) is 7. The van der Waals surface area contributed by atoms with Crippen LogP contribution < -0.4 is 5.73 Å². The third-order valence-corrected chi connectivity index (χ3v) is 5.06. The molecule has 0 aliphatic carbocycles. The van der Waals surface area contributed by atoms with Crippen LogP contribution in [0.4, 0.5) is 0 Å². The normalized spacial score (nSPS) is 43.4. The molecule has 22 heavy (non-hydrogen) atoms. The number of halogens is 1. The minimum atomic E-state index is -1.31. The number of nitrogens with two attached hydrogens (primary N) is 1. The second kappa shape index (κ2) is 8.95. The van der Waals surface area contributed by atoms with Crippen LogP contribution in [0.15, 0.2) is 17.3 Å². The van der Waals surface area contributed by atoms with E-state index in [0.29, 0.717) is 12.8 Å². The van der Waals surface area contributed by atoms with Crippen molar-refractivity contribution in [3.05, 3.63) is 22.6 Å². The van der Waals surface area contributed by atoms with Gasteiger partial charge in [0.25, 0.3) is 0 Å². The summed E-state index contributed by atoms with van der Waals surface area (Å²) in [6, 6.07) is -0.463. The Hall–Kier alpha value is -0.510. The van der Waals surface area contributed by atoms with E-state index >= 15 is 0 Å². The number of azide groups is 1. The summed E-state index contributed by atoms with van der Waals surface area (Å²) in [4.78, 5) is 2.74. The smallest absolute Gasteiger partial charge is 0.132 e. The largest absolute Gasteiger partial charge is 0.388 e. The molecule has 2 heterocycles. The molecule has 0 aromatic heterocycles. The summed E-state index contributed by atoms with van der Waals surface area (Å²) < 4.78 is 5.69. The van der Waals surface area contributed by atoms with Crippen molar-refractivity contribution in [3.8, 4) is 0 Å². The van der Waals surface area contributed by atoms with Crippen molar-refractivity contribution in [2.24, 2.45) is 10.8 Å². The van der Waals surface area contributed by atoms with Crippen LogP contribution in [-0.2, 0) is 4.74 Å². The van der Waals surface area contributed by atoms with Gasteiger partial charge in [-0.1, -0.05) is 17.3 Å². The molecular weight excluding hydrogens is 332 g/mol. The fourth-order valence-corrected chi connectivity index (χ4v) is 3.73. The maximum atomic E-state index is 10.0. The van der Waals surface area contributed by atoms with Gasteiger partial charge in [-0.15, -0.1) is 24.2 Å². The molecule has 2 bridgehead atoms. The molecule has 0 radical (unpaired) electrons. The van der Waals surface area contributed by atoms with E-state index in [1.54, 1.807) is 0 Å². The molecule has 1 saturated heterocycles. The van der Waals surface area contributed by atoms with Gasteiger partial charge in [-0.2, -0.15) is 0 Å². The Morgan fingerprint density at radius 2 is 1.91 bits per heavy atom. The second-order valence-corrected chi connectivity index (χ2v) is 6.62. The van der Waals surface area contributed by atoms with E-state index in [2.05, 4.69) is 10.0 Å². The van der Waals surface area contributed by atoms with E-state index in [1.165, 1.54) is 11.8 Å². The van der Waals surface area contributed by atoms with Crippen molar-refractivity contribution in [3.63, 3.8) is 0 Å². The Balaban J connectivity index is 0.00000242. The summed E-state index contributed by atoms with van der Waals surface area (Å²) >= 11 is 1.28. The minimum absolute atomic E-state index is 0. The van der Waals surface area contributed by atoms with Gasteiger partial charge in [0.05, 0.1) is 0 Å². The monoisotopic (exact) mass is 352 g/mol. The molecule has 5 N–H and O–H groups in total. The lowest BCUT2D eigenvalue weighted by Gasteiger charge is -2.43. The van der Waals surface area contributed by atoms with Crippen LogP contribution in [0.3, 0.4) is 0 Å². The lowest BCUT2D eigenvalue weighted by Crippen LogP contribution is -2.61. The zero-order valence-electron chi connectivity index (χ0n) is 11.8. The highest BCUT2D eigenvalue weighted by atomic mass is 35.5.